The van der Waals surface area contributed by atoms with Crippen molar-refractivity contribution in [2.45, 2.75) is 20.3 Å². The van der Waals surface area contributed by atoms with Gasteiger partial charge in [0, 0.05) is 6.07 Å². The van der Waals surface area contributed by atoms with Gasteiger partial charge in [-0.25, -0.2) is 4.98 Å². The van der Waals surface area contributed by atoms with Gasteiger partial charge >= 0.3 is 5.97 Å². The first-order valence-electron chi connectivity index (χ1n) is 5.30. The Hall–Kier alpha value is -2.42. The second-order valence-electron chi connectivity index (χ2n) is 3.40. The molecule has 0 aliphatic heterocycles. The third-order valence-corrected chi connectivity index (χ3v) is 2.02. The molecule has 0 radical (unpaired) electrons. The Morgan fingerprint density at radius 3 is 2.89 bits per heavy atom. The predicted molar refractivity (Wildman–Crippen MR) is 63.8 cm³/mol. The monoisotopic (exact) mass is 248 g/mol. The lowest BCUT2D eigenvalue weighted by atomic mass is 10.2. The van der Waals surface area contributed by atoms with Gasteiger partial charge in [0.2, 0.25) is 0 Å². The molecular formula is C12H12N2O4. The molecule has 0 saturated heterocycles. The first-order chi connectivity index (χ1) is 8.54. The lowest BCUT2D eigenvalue weighted by molar-refractivity contribution is -0.385. The molecule has 1 rings (SSSR count). The minimum Gasteiger partial charge on any atom is -0.465 e. The van der Waals surface area contributed by atoms with Gasteiger partial charge in [0.15, 0.2) is 0 Å². The number of nitrogens with zero attached hydrogens (tertiary/aromatic N) is 2. The number of hydrogen-bond acceptors (Lipinski definition) is 5. The Morgan fingerprint density at radius 2 is 2.33 bits per heavy atom. The summed E-state index contributed by atoms with van der Waals surface area (Å²) in [5.41, 5.74) is 0.939. The van der Waals surface area contributed by atoms with E-state index in [4.69, 9.17) is 4.74 Å². The molecule has 1 aromatic heterocycles. The van der Waals surface area contributed by atoms with Crippen molar-refractivity contribution in [1.82, 2.24) is 4.98 Å². The third-order valence-electron chi connectivity index (χ3n) is 2.02. The van der Waals surface area contributed by atoms with Crippen LogP contribution in [0.25, 0.3) is 0 Å². The molecule has 0 aliphatic carbocycles. The van der Waals surface area contributed by atoms with Crippen LogP contribution in [0.5, 0.6) is 0 Å². The first-order valence-corrected chi connectivity index (χ1v) is 5.30. The van der Waals surface area contributed by atoms with Crippen molar-refractivity contribution in [2.24, 2.45) is 0 Å². The van der Waals surface area contributed by atoms with E-state index >= 15 is 0 Å². The number of aromatic nitrogens is 1. The number of carbonyl (C=O) groups is 1. The summed E-state index contributed by atoms with van der Waals surface area (Å²) in [6, 6.07) is 1.39. The molecule has 0 fully saturated rings. The summed E-state index contributed by atoms with van der Waals surface area (Å²) in [5.74, 6) is 4.90. The molecule has 1 heterocycles. The number of esters is 1. The second-order valence-corrected chi connectivity index (χ2v) is 3.40. The van der Waals surface area contributed by atoms with Crippen molar-refractivity contribution in [3.05, 3.63) is 33.6 Å². The zero-order chi connectivity index (χ0) is 13.5. The van der Waals surface area contributed by atoms with Crippen molar-refractivity contribution in [3.8, 4) is 11.8 Å². The van der Waals surface area contributed by atoms with E-state index in [2.05, 4.69) is 16.8 Å². The van der Waals surface area contributed by atoms with Crippen LogP contribution in [0.15, 0.2) is 12.3 Å². The van der Waals surface area contributed by atoms with Crippen LogP contribution < -0.4 is 0 Å². The van der Waals surface area contributed by atoms with Crippen molar-refractivity contribution >= 4 is 11.7 Å². The normalized spacial score (nSPS) is 9.22. The predicted octanol–water partition coefficient (Wildman–Crippen LogP) is 1.60. The molecule has 0 spiro atoms. The van der Waals surface area contributed by atoms with Crippen LogP contribution in [0.1, 0.15) is 24.6 Å². The number of nitro groups is 1. The van der Waals surface area contributed by atoms with Crippen molar-refractivity contribution in [1.29, 1.82) is 0 Å². The van der Waals surface area contributed by atoms with E-state index in [0.717, 1.165) is 6.20 Å². The van der Waals surface area contributed by atoms with E-state index in [1.807, 2.05) is 0 Å². The highest BCUT2D eigenvalue weighted by molar-refractivity contribution is 5.72. The van der Waals surface area contributed by atoms with E-state index in [9.17, 15) is 14.9 Å². The first kappa shape index (κ1) is 13.6. The van der Waals surface area contributed by atoms with Crippen LogP contribution in [0, 0.1) is 28.9 Å². The molecule has 0 aromatic carbocycles. The standard InChI is InChI=1S/C12H12N2O4/c1-3-18-12(15)6-4-5-11-9(2)7-10(8-13-11)14(16)17/h7-8H,3,6H2,1-2H3. The summed E-state index contributed by atoms with van der Waals surface area (Å²) >= 11 is 0. The fourth-order valence-corrected chi connectivity index (χ4v) is 1.20. The molecule has 6 nitrogen and oxygen atoms in total. The summed E-state index contributed by atoms with van der Waals surface area (Å²) in [6.45, 7) is 3.71. The highest BCUT2D eigenvalue weighted by Crippen LogP contribution is 2.13. The van der Waals surface area contributed by atoms with Crippen LogP contribution in [-0.4, -0.2) is 22.5 Å². The van der Waals surface area contributed by atoms with Crippen molar-refractivity contribution in [3.63, 3.8) is 0 Å². The van der Waals surface area contributed by atoms with Gasteiger partial charge in [0.25, 0.3) is 5.69 Å². The number of rotatable bonds is 3. The molecule has 1 aromatic rings. The summed E-state index contributed by atoms with van der Waals surface area (Å²) in [7, 11) is 0. The van der Waals surface area contributed by atoms with Gasteiger partial charge in [0.1, 0.15) is 18.3 Å². The van der Waals surface area contributed by atoms with Crippen LogP contribution >= 0.6 is 0 Å². The molecule has 0 atom stereocenters. The Morgan fingerprint density at radius 1 is 1.61 bits per heavy atom. The smallest absolute Gasteiger partial charge is 0.317 e. The minimum absolute atomic E-state index is 0.0219. The highest BCUT2D eigenvalue weighted by Gasteiger charge is 2.07. The van der Waals surface area contributed by atoms with Gasteiger partial charge in [-0.05, 0) is 25.3 Å². The van der Waals surface area contributed by atoms with E-state index in [0.29, 0.717) is 17.9 Å². The minimum atomic E-state index is -0.518. The van der Waals surface area contributed by atoms with Gasteiger partial charge < -0.3 is 4.74 Å². The maximum absolute atomic E-state index is 11.0. The van der Waals surface area contributed by atoms with Crippen LogP contribution in [0.3, 0.4) is 0 Å². The molecule has 18 heavy (non-hydrogen) atoms. The fourth-order valence-electron chi connectivity index (χ4n) is 1.20. The average molecular weight is 248 g/mol. The molecule has 6 heteroatoms. The zero-order valence-corrected chi connectivity index (χ0v) is 10.1. The van der Waals surface area contributed by atoms with Gasteiger partial charge in [-0.15, -0.1) is 0 Å². The van der Waals surface area contributed by atoms with E-state index < -0.39 is 10.9 Å². The third kappa shape index (κ3) is 3.87. The van der Waals surface area contributed by atoms with Gasteiger partial charge in [0.05, 0.1) is 11.5 Å². The second kappa shape index (κ2) is 6.35. The molecule has 0 aliphatic rings. The van der Waals surface area contributed by atoms with E-state index in [-0.39, 0.29) is 12.1 Å². The molecule has 0 amide bonds. The summed E-state index contributed by atoms with van der Waals surface area (Å²) in [5, 5.41) is 10.5. The number of aryl methyl sites for hydroxylation is 1. The molecule has 0 unspecified atom stereocenters. The lowest BCUT2D eigenvalue weighted by Crippen LogP contribution is -2.01. The zero-order valence-electron chi connectivity index (χ0n) is 10.1. The van der Waals surface area contributed by atoms with Crippen LogP contribution in [0.2, 0.25) is 0 Å². The fraction of sp³-hybridized carbons (Fsp3) is 0.333. The van der Waals surface area contributed by atoms with E-state index in [1.54, 1.807) is 13.8 Å². The maximum atomic E-state index is 11.0. The van der Waals surface area contributed by atoms with Gasteiger partial charge in [-0.1, -0.05) is 5.92 Å². The van der Waals surface area contributed by atoms with Crippen LogP contribution in [0.4, 0.5) is 5.69 Å². The number of ether oxygens (including phenoxy) is 1. The number of carbonyl (C=O) groups excluding carboxylic acids is 1. The molecule has 0 saturated carbocycles. The summed E-state index contributed by atoms with van der Waals surface area (Å²) < 4.78 is 4.71. The average Bonchev–Trinajstić information content (AvgIpc) is 2.31. The van der Waals surface area contributed by atoms with Crippen molar-refractivity contribution < 1.29 is 14.5 Å². The van der Waals surface area contributed by atoms with Gasteiger partial charge in [-0.2, -0.15) is 0 Å². The largest absolute Gasteiger partial charge is 0.465 e. The number of hydrogen-bond donors (Lipinski definition) is 0. The Balaban J connectivity index is 2.77. The lowest BCUT2D eigenvalue weighted by Gasteiger charge is -1.97. The molecular weight excluding hydrogens is 236 g/mol. The Labute approximate surface area is 104 Å². The molecule has 0 N–H and O–H groups in total. The molecule has 0 bridgehead atoms. The van der Waals surface area contributed by atoms with Gasteiger partial charge in [-0.3, -0.25) is 14.9 Å². The van der Waals surface area contributed by atoms with Crippen LogP contribution in [-0.2, 0) is 9.53 Å². The Bertz CT molecular complexity index is 529. The van der Waals surface area contributed by atoms with Crippen molar-refractivity contribution in [2.75, 3.05) is 6.61 Å². The SMILES string of the molecule is CCOC(=O)CC#Cc1ncc([N+](=O)[O-])cc1C. The quantitative estimate of drug-likeness (QED) is 0.351. The molecule has 94 valence electrons. The topological polar surface area (TPSA) is 82.3 Å². The highest BCUT2D eigenvalue weighted by atomic mass is 16.6. The van der Waals surface area contributed by atoms with E-state index in [1.165, 1.54) is 6.07 Å². The summed E-state index contributed by atoms with van der Waals surface area (Å²) in [6.07, 6.45) is 1.12. The maximum Gasteiger partial charge on any atom is 0.317 e. The summed E-state index contributed by atoms with van der Waals surface area (Å²) in [4.78, 5) is 24.9. The Kier molecular flexibility index (Phi) is 4.81. The number of pyridine rings is 1.